The Kier molecular flexibility index (Phi) is 7.67. The van der Waals surface area contributed by atoms with Crippen LogP contribution >= 0.6 is 0 Å². The van der Waals surface area contributed by atoms with Crippen LogP contribution in [-0.4, -0.2) is 59.5 Å². The van der Waals surface area contributed by atoms with Crippen LogP contribution in [0.2, 0.25) is 0 Å². The molecule has 3 N–H and O–H groups in total. The molecule has 2 fully saturated rings. The number of urea groups is 2. The number of hydrogen-bond donors (Lipinski definition) is 3. The first-order valence-electron chi connectivity index (χ1n) is 10.8. The predicted molar refractivity (Wildman–Crippen MR) is 112 cm³/mol. The summed E-state index contributed by atoms with van der Waals surface area (Å²) >= 11 is 0. The van der Waals surface area contributed by atoms with Crippen molar-refractivity contribution in [3.05, 3.63) is 0 Å². The summed E-state index contributed by atoms with van der Waals surface area (Å²) < 4.78 is 4.82. The summed E-state index contributed by atoms with van der Waals surface area (Å²) in [6.45, 7) is 8.77. The Hall–Kier alpha value is -2.65. The number of carbonyl (C=O) groups is 5. The van der Waals surface area contributed by atoms with Gasteiger partial charge in [0.1, 0.15) is 12.1 Å². The zero-order valence-electron chi connectivity index (χ0n) is 19.0. The Morgan fingerprint density at radius 3 is 2.39 bits per heavy atom. The minimum atomic E-state index is -0.968. The molecule has 2 aliphatic rings. The summed E-state index contributed by atoms with van der Waals surface area (Å²) in [5.74, 6) is -1.67. The lowest BCUT2D eigenvalue weighted by atomic mass is 9.65. The Bertz CT molecular complexity index is 740. The standard InChI is InChI=1S/C21H34N4O6/c1-6-20(4,5)14-7-9-21(10-8-14)17(28)25(19(30)24-21)11-16(27)31-12-15(26)23-18(29)22-13(2)3/h13-14H,6-12H2,1-5H3,(H,24,30)(H2,22,23,26,29). The predicted octanol–water partition coefficient (Wildman–Crippen LogP) is 1.68. The van der Waals surface area contributed by atoms with E-state index in [-0.39, 0.29) is 11.5 Å². The van der Waals surface area contributed by atoms with Crippen molar-refractivity contribution in [3.8, 4) is 0 Å². The number of imide groups is 2. The number of nitrogens with one attached hydrogen (secondary N) is 3. The highest BCUT2D eigenvalue weighted by atomic mass is 16.5. The van der Waals surface area contributed by atoms with Gasteiger partial charge in [-0.05, 0) is 50.9 Å². The van der Waals surface area contributed by atoms with E-state index in [0.29, 0.717) is 18.8 Å². The molecule has 0 unspecified atom stereocenters. The molecule has 0 aromatic rings. The molecule has 1 aliphatic heterocycles. The lowest BCUT2D eigenvalue weighted by Gasteiger charge is -2.42. The van der Waals surface area contributed by atoms with Gasteiger partial charge in [-0.2, -0.15) is 0 Å². The molecule has 0 bridgehead atoms. The normalized spacial score (nSPS) is 23.7. The fourth-order valence-corrected chi connectivity index (χ4v) is 4.12. The summed E-state index contributed by atoms with van der Waals surface area (Å²) in [4.78, 5) is 61.4. The van der Waals surface area contributed by atoms with Gasteiger partial charge >= 0.3 is 18.0 Å². The zero-order chi connectivity index (χ0) is 23.4. The van der Waals surface area contributed by atoms with Crippen LogP contribution in [0.15, 0.2) is 0 Å². The Balaban J connectivity index is 1.86. The molecule has 0 atom stereocenters. The van der Waals surface area contributed by atoms with Crippen LogP contribution in [0, 0.1) is 11.3 Å². The second-order valence-electron chi connectivity index (χ2n) is 9.36. The molecular formula is C21H34N4O6. The minimum Gasteiger partial charge on any atom is -0.454 e. The third-order valence-corrected chi connectivity index (χ3v) is 6.43. The van der Waals surface area contributed by atoms with Crippen LogP contribution in [0.4, 0.5) is 9.59 Å². The maximum atomic E-state index is 12.9. The lowest BCUT2D eigenvalue weighted by Crippen LogP contribution is -2.51. The monoisotopic (exact) mass is 438 g/mol. The van der Waals surface area contributed by atoms with Crippen LogP contribution in [0.1, 0.15) is 66.7 Å². The van der Waals surface area contributed by atoms with Crippen molar-refractivity contribution in [1.82, 2.24) is 20.9 Å². The molecular weight excluding hydrogens is 404 g/mol. The molecule has 174 valence electrons. The van der Waals surface area contributed by atoms with Crippen LogP contribution in [0.3, 0.4) is 0 Å². The number of carbonyl (C=O) groups excluding carboxylic acids is 5. The molecule has 1 heterocycles. The van der Waals surface area contributed by atoms with Gasteiger partial charge in [-0.3, -0.25) is 24.6 Å². The number of amides is 6. The van der Waals surface area contributed by atoms with E-state index in [2.05, 4.69) is 31.4 Å². The minimum absolute atomic E-state index is 0.162. The van der Waals surface area contributed by atoms with Crippen LogP contribution in [0.5, 0.6) is 0 Å². The molecule has 0 radical (unpaired) electrons. The fourth-order valence-electron chi connectivity index (χ4n) is 4.12. The number of esters is 1. The van der Waals surface area contributed by atoms with Gasteiger partial charge in [0.15, 0.2) is 6.61 Å². The molecule has 31 heavy (non-hydrogen) atoms. The quantitative estimate of drug-likeness (QED) is 0.409. The van der Waals surface area contributed by atoms with E-state index in [1.54, 1.807) is 13.8 Å². The summed E-state index contributed by atoms with van der Waals surface area (Å²) in [6.07, 6.45) is 3.75. The largest absolute Gasteiger partial charge is 0.454 e. The van der Waals surface area contributed by atoms with Gasteiger partial charge in [-0.25, -0.2) is 9.59 Å². The molecule has 0 aromatic carbocycles. The molecule has 1 spiro atoms. The van der Waals surface area contributed by atoms with Crippen molar-refractivity contribution in [3.63, 3.8) is 0 Å². The van der Waals surface area contributed by atoms with Gasteiger partial charge < -0.3 is 15.4 Å². The van der Waals surface area contributed by atoms with Gasteiger partial charge in [-0.15, -0.1) is 0 Å². The maximum absolute atomic E-state index is 12.9. The number of hydrogen-bond acceptors (Lipinski definition) is 6. The Morgan fingerprint density at radius 2 is 1.84 bits per heavy atom. The summed E-state index contributed by atoms with van der Waals surface area (Å²) in [6, 6.07) is -1.49. The molecule has 10 nitrogen and oxygen atoms in total. The highest BCUT2D eigenvalue weighted by Gasteiger charge is 2.53. The maximum Gasteiger partial charge on any atom is 0.326 e. The van der Waals surface area contributed by atoms with Crippen LogP contribution in [0.25, 0.3) is 0 Å². The Labute approximate surface area is 182 Å². The first-order valence-corrected chi connectivity index (χ1v) is 10.8. The van der Waals surface area contributed by atoms with Crippen molar-refractivity contribution in [2.24, 2.45) is 11.3 Å². The zero-order valence-corrected chi connectivity index (χ0v) is 19.0. The molecule has 0 aromatic heterocycles. The average molecular weight is 439 g/mol. The summed E-state index contributed by atoms with van der Waals surface area (Å²) in [5.41, 5.74) is -0.798. The average Bonchev–Trinajstić information content (AvgIpc) is 2.90. The first kappa shape index (κ1) is 24.6. The highest BCUT2D eigenvalue weighted by Crippen LogP contribution is 2.45. The van der Waals surface area contributed by atoms with E-state index in [9.17, 15) is 24.0 Å². The summed E-state index contributed by atoms with van der Waals surface area (Å²) in [7, 11) is 0. The topological polar surface area (TPSA) is 134 Å². The van der Waals surface area contributed by atoms with Gasteiger partial charge in [0, 0.05) is 6.04 Å². The van der Waals surface area contributed by atoms with E-state index in [0.717, 1.165) is 24.2 Å². The van der Waals surface area contributed by atoms with Crippen LogP contribution in [-0.2, 0) is 19.1 Å². The molecule has 6 amide bonds. The van der Waals surface area contributed by atoms with E-state index in [1.165, 1.54) is 0 Å². The molecule has 1 aliphatic carbocycles. The Morgan fingerprint density at radius 1 is 1.23 bits per heavy atom. The van der Waals surface area contributed by atoms with E-state index in [4.69, 9.17) is 4.74 Å². The molecule has 1 saturated carbocycles. The second kappa shape index (κ2) is 9.65. The molecule has 2 rings (SSSR count). The third kappa shape index (κ3) is 5.95. The smallest absolute Gasteiger partial charge is 0.326 e. The number of nitrogens with zero attached hydrogens (tertiary/aromatic N) is 1. The van der Waals surface area contributed by atoms with E-state index in [1.807, 2.05) is 5.32 Å². The number of ether oxygens (including phenoxy) is 1. The van der Waals surface area contributed by atoms with Crippen molar-refractivity contribution in [1.29, 1.82) is 0 Å². The van der Waals surface area contributed by atoms with Crippen molar-refractivity contribution >= 4 is 29.8 Å². The second-order valence-corrected chi connectivity index (χ2v) is 9.36. The van der Waals surface area contributed by atoms with Crippen LogP contribution < -0.4 is 16.0 Å². The molecule has 10 heteroatoms. The first-order chi connectivity index (χ1) is 14.4. The fraction of sp³-hybridized carbons (Fsp3) is 0.762. The van der Waals surface area contributed by atoms with Crippen molar-refractivity contribution in [2.45, 2.75) is 78.3 Å². The van der Waals surface area contributed by atoms with E-state index < -0.39 is 48.5 Å². The third-order valence-electron chi connectivity index (χ3n) is 6.43. The number of rotatable bonds is 7. The highest BCUT2D eigenvalue weighted by molar-refractivity contribution is 6.08. The van der Waals surface area contributed by atoms with E-state index >= 15 is 0 Å². The SMILES string of the molecule is CCC(C)(C)C1CCC2(CC1)NC(=O)N(CC(=O)OCC(=O)NC(=O)NC(C)C)C2=O. The lowest BCUT2D eigenvalue weighted by molar-refractivity contribution is -0.151. The van der Waals surface area contributed by atoms with Crippen molar-refractivity contribution in [2.75, 3.05) is 13.2 Å². The van der Waals surface area contributed by atoms with Gasteiger partial charge in [-0.1, -0.05) is 27.2 Å². The van der Waals surface area contributed by atoms with Gasteiger partial charge in [0.2, 0.25) is 0 Å². The molecule has 1 saturated heterocycles. The van der Waals surface area contributed by atoms with Crippen molar-refractivity contribution < 1.29 is 28.7 Å². The summed E-state index contributed by atoms with van der Waals surface area (Å²) in [5, 5.41) is 7.25. The van der Waals surface area contributed by atoms with Gasteiger partial charge in [0.05, 0.1) is 0 Å². The van der Waals surface area contributed by atoms with Gasteiger partial charge in [0.25, 0.3) is 11.8 Å².